The quantitative estimate of drug-likeness (QED) is 0.461. The third kappa shape index (κ3) is 4.04. The zero-order chi connectivity index (χ0) is 21.4. The minimum atomic E-state index is -0.716. The minimum Gasteiger partial charge on any atom is -0.382 e. The molecule has 0 bridgehead atoms. The second kappa shape index (κ2) is 7.92. The number of carbonyl (C=O) groups excluding carboxylic acids is 1. The first-order valence-electron chi connectivity index (χ1n) is 9.82. The number of benzene rings is 3. The Morgan fingerprint density at radius 1 is 1.06 bits per heavy atom. The molecular formula is C24H18FN3O2S. The average molecular weight is 431 g/mol. The van der Waals surface area contributed by atoms with Crippen LogP contribution in [0.2, 0.25) is 0 Å². The number of aromatic nitrogens is 1. The Bertz CT molecular complexity index is 1300. The molecule has 5 rings (SSSR count). The monoisotopic (exact) mass is 431 g/mol. The van der Waals surface area contributed by atoms with Gasteiger partial charge in [0.2, 0.25) is 6.10 Å². The van der Waals surface area contributed by atoms with E-state index in [2.05, 4.69) is 29.5 Å². The number of thiazole rings is 1. The molecule has 1 aliphatic rings. The molecule has 1 aliphatic heterocycles. The van der Waals surface area contributed by atoms with Crippen molar-refractivity contribution in [2.45, 2.75) is 19.4 Å². The van der Waals surface area contributed by atoms with Crippen molar-refractivity contribution in [2.75, 3.05) is 5.32 Å². The molecule has 154 valence electrons. The third-order valence-electron chi connectivity index (χ3n) is 5.08. The molecule has 5 nitrogen and oxygen atoms in total. The van der Waals surface area contributed by atoms with Crippen LogP contribution in [0.15, 0.2) is 71.9 Å². The van der Waals surface area contributed by atoms with Crippen LogP contribution in [0.1, 0.15) is 17.5 Å². The highest BCUT2D eigenvalue weighted by atomic mass is 32.1. The van der Waals surface area contributed by atoms with E-state index in [9.17, 15) is 9.18 Å². The van der Waals surface area contributed by atoms with E-state index in [0.29, 0.717) is 17.8 Å². The van der Waals surface area contributed by atoms with Crippen molar-refractivity contribution in [3.63, 3.8) is 0 Å². The van der Waals surface area contributed by atoms with E-state index in [1.807, 2.05) is 30.3 Å². The summed E-state index contributed by atoms with van der Waals surface area (Å²) in [5, 5.41) is 7.79. The fourth-order valence-corrected chi connectivity index (χ4v) is 4.47. The van der Waals surface area contributed by atoms with Gasteiger partial charge in [0, 0.05) is 17.7 Å². The second-order valence-electron chi connectivity index (χ2n) is 7.40. The standard InChI is InChI=1S/C24H18FN3O2S/c1-14-2-11-19-22(12-14)31-24(27-19)16-5-9-18(10-6-16)26-23(29)21-13-20(28-30-21)15-3-7-17(25)8-4-15/h2-12,21H,13H2,1H3,(H,26,29)/t21-/m1/s1. The van der Waals surface area contributed by atoms with Gasteiger partial charge in [-0.2, -0.15) is 0 Å². The first-order valence-corrected chi connectivity index (χ1v) is 10.6. The Labute approximate surface area is 182 Å². The number of nitrogens with zero attached hydrogens (tertiary/aromatic N) is 2. The molecule has 0 saturated carbocycles. The molecule has 3 aromatic carbocycles. The molecule has 4 aromatic rings. The van der Waals surface area contributed by atoms with Crippen LogP contribution < -0.4 is 5.32 Å². The van der Waals surface area contributed by atoms with Crippen LogP contribution in [0, 0.1) is 12.7 Å². The van der Waals surface area contributed by atoms with Gasteiger partial charge in [-0.3, -0.25) is 4.79 Å². The van der Waals surface area contributed by atoms with Gasteiger partial charge in [-0.05, 0) is 66.6 Å². The van der Waals surface area contributed by atoms with E-state index in [1.54, 1.807) is 23.5 Å². The number of hydrogen-bond acceptors (Lipinski definition) is 5. The van der Waals surface area contributed by atoms with E-state index >= 15 is 0 Å². The third-order valence-corrected chi connectivity index (χ3v) is 6.15. The maximum absolute atomic E-state index is 13.1. The molecular weight excluding hydrogens is 413 g/mol. The maximum Gasteiger partial charge on any atom is 0.268 e. The fourth-order valence-electron chi connectivity index (χ4n) is 3.40. The summed E-state index contributed by atoms with van der Waals surface area (Å²) in [6.45, 7) is 2.07. The molecule has 0 saturated heterocycles. The Balaban J connectivity index is 1.24. The number of rotatable bonds is 4. The van der Waals surface area contributed by atoms with Crippen LogP contribution in [0.3, 0.4) is 0 Å². The number of aryl methyl sites for hydroxylation is 1. The smallest absolute Gasteiger partial charge is 0.268 e. The van der Waals surface area contributed by atoms with E-state index in [1.165, 1.54) is 17.7 Å². The van der Waals surface area contributed by atoms with Gasteiger partial charge in [0.15, 0.2) is 0 Å². The number of amides is 1. The summed E-state index contributed by atoms with van der Waals surface area (Å²) >= 11 is 1.65. The highest BCUT2D eigenvalue weighted by molar-refractivity contribution is 7.21. The molecule has 0 aliphatic carbocycles. The van der Waals surface area contributed by atoms with Gasteiger partial charge in [-0.1, -0.05) is 23.4 Å². The summed E-state index contributed by atoms with van der Waals surface area (Å²) in [4.78, 5) is 22.6. The van der Waals surface area contributed by atoms with Gasteiger partial charge in [0.25, 0.3) is 5.91 Å². The number of carbonyl (C=O) groups is 1. The van der Waals surface area contributed by atoms with E-state index < -0.39 is 6.10 Å². The van der Waals surface area contributed by atoms with Crippen molar-refractivity contribution in [2.24, 2.45) is 5.16 Å². The average Bonchev–Trinajstić information content (AvgIpc) is 3.42. The van der Waals surface area contributed by atoms with Crippen LogP contribution in [-0.4, -0.2) is 22.7 Å². The Kier molecular flexibility index (Phi) is 4.95. The zero-order valence-electron chi connectivity index (χ0n) is 16.6. The maximum atomic E-state index is 13.1. The van der Waals surface area contributed by atoms with Gasteiger partial charge < -0.3 is 10.2 Å². The molecule has 2 heterocycles. The molecule has 0 fully saturated rings. The molecule has 7 heteroatoms. The van der Waals surface area contributed by atoms with Gasteiger partial charge in [-0.25, -0.2) is 9.37 Å². The summed E-state index contributed by atoms with van der Waals surface area (Å²) in [6, 6.07) is 19.8. The normalized spacial score (nSPS) is 15.5. The SMILES string of the molecule is Cc1ccc2nc(-c3ccc(NC(=O)[C@H]4CC(c5ccc(F)cc5)=NO4)cc3)sc2c1. The number of fused-ring (bicyclic) bond motifs is 1. The lowest BCUT2D eigenvalue weighted by Crippen LogP contribution is -2.28. The molecule has 1 N–H and O–H groups in total. The number of oxime groups is 1. The fraction of sp³-hybridized carbons (Fsp3) is 0.125. The molecule has 1 amide bonds. The van der Waals surface area contributed by atoms with E-state index in [4.69, 9.17) is 9.82 Å². The van der Waals surface area contributed by atoms with Crippen molar-refractivity contribution < 1.29 is 14.0 Å². The number of hydrogen-bond donors (Lipinski definition) is 1. The number of halogens is 1. The van der Waals surface area contributed by atoms with Gasteiger partial charge in [-0.15, -0.1) is 11.3 Å². The molecule has 1 aromatic heterocycles. The number of anilines is 1. The highest BCUT2D eigenvalue weighted by Gasteiger charge is 2.29. The van der Waals surface area contributed by atoms with Crippen LogP contribution >= 0.6 is 11.3 Å². The largest absolute Gasteiger partial charge is 0.382 e. The van der Waals surface area contributed by atoms with Crippen LogP contribution in [-0.2, 0) is 9.63 Å². The second-order valence-corrected chi connectivity index (χ2v) is 8.43. The lowest BCUT2D eigenvalue weighted by atomic mass is 10.0. The van der Waals surface area contributed by atoms with Crippen molar-refractivity contribution >= 4 is 38.9 Å². The van der Waals surface area contributed by atoms with Crippen LogP contribution in [0.25, 0.3) is 20.8 Å². The summed E-state index contributed by atoms with van der Waals surface area (Å²) in [5.74, 6) is -0.592. The zero-order valence-corrected chi connectivity index (χ0v) is 17.4. The predicted molar refractivity (Wildman–Crippen MR) is 121 cm³/mol. The van der Waals surface area contributed by atoms with Crippen molar-refractivity contribution in [3.8, 4) is 10.6 Å². The minimum absolute atomic E-state index is 0.274. The highest BCUT2D eigenvalue weighted by Crippen LogP contribution is 2.31. The number of nitrogens with one attached hydrogen (secondary N) is 1. The van der Waals surface area contributed by atoms with Crippen molar-refractivity contribution in [1.29, 1.82) is 0 Å². The van der Waals surface area contributed by atoms with Crippen LogP contribution in [0.5, 0.6) is 0 Å². The van der Waals surface area contributed by atoms with Gasteiger partial charge >= 0.3 is 0 Å². The Hall–Kier alpha value is -3.58. The van der Waals surface area contributed by atoms with Crippen LogP contribution in [0.4, 0.5) is 10.1 Å². The van der Waals surface area contributed by atoms with E-state index in [0.717, 1.165) is 26.4 Å². The summed E-state index contributed by atoms with van der Waals surface area (Å²) in [7, 11) is 0. The predicted octanol–water partition coefficient (Wildman–Crippen LogP) is 5.54. The van der Waals surface area contributed by atoms with Crippen molar-refractivity contribution in [1.82, 2.24) is 4.98 Å². The lowest BCUT2D eigenvalue weighted by molar-refractivity contribution is -0.125. The molecule has 1 atom stereocenters. The van der Waals surface area contributed by atoms with Gasteiger partial charge in [0.05, 0.1) is 15.9 Å². The first kappa shape index (κ1) is 19.4. The van der Waals surface area contributed by atoms with Crippen molar-refractivity contribution in [3.05, 3.63) is 83.7 Å². The lowest BCUT2D eigenvalue weighted by Gasteiger charge is -2.10. The Morgan fingerprint density at radius 3 is 2.58 bits per heavy atom. The summed E-state index contributed by atoms with van der Waals surface area (Å²) in [6.07, 6.45) is -0.382. The molecule has 0 radical (unpaired) electrons. The van der Waals surface area contributed by atoms with Gasteiger partial charge in [0.1, 0.15) is 10.8 Å². The van der Waals surface area contributed by atoms with E-state index in [-0.39, 0.29) is 11.7 Å². The molecule has 31 heavy (non-hydrogen) atoms. The Morgan fingerprint density at radius 2 is 1.81 bits per heavy atom. The topological polar surface area (TPSA) is 63.6 Å². The summed E-state index contributed by atoms with van der Waals surface area (Å²) < 4.78 is 14.2. The molecule has 0 spiro atoms. The first-order chi connectivity index (χ1) is 15.0. The molecule has 0 unspecified atom stereocenters. The summed E-state index contributed by atoms with van der Waals surface area (Å²) in [5.41, 5.74) is 5.23.